The fourth-order valence-corrected chi connectivity index (χ4v) is 7.99. The third kappa shape index (κ3) is 4.02. The van der Waals surface area contributed by atoms with E-state index in [1.165, 1.54) is 102 Å². The zero-order chi connectivity index (χ0) is 29.1. The lowest BCUT2D eigenvalue weighted by Gasteiger charge is -2.40. The van der Waals surface area contributed by atoms with Crippen LogP contribution in [0, 0.1) is 13.8 Å². The molecule has 0 aromatic heterocycles. The number of anilines is 2. The summed E-state index contributed by atoms with van der Waals surface area (Å²) in [5.41, 5.74) is 15.4. The van der Waals surface area contributed by atoms with E-state index in [9.17, 15) is 0 Å². The van der Waals surface area contributed by atoms with Crippen LogP contribution in [0.25, 0.3) is 43.8 Å². The summed E-state index contributed by atoms with van der Waals surface area (Å²) >= 11 is 0. The van der Waals surface area contributed by atoms with Gasteiger partial charge in [0, 0.05) is 23.3 Å². The number of fused-ring (bicyclic) bond motifs is 3. The quantitative estimate of drug-likeness (QED) is 0.155. The largest absolute Gasteiger partial charge is 0.409 e. The summed E-state index contributed by atoms with van der Waals surface area (Å²) in [6.07, 6.45) is 4.77. The SMILES string of the molecule is CCCCCc1c(C)c2c(c(C)c1B1Nc3cccc4cccc(c34)N1Cc1ccccc1)-c1cccc3cccc-2c13. The average Bonchev–Trinajstić information content (AvgIpc) is 3.38. The predicted molar refractivity (Wildman–Crippen MR) is 187 cm³/mol. The first-order chi connectivity index (χ1) is 21.2. The van der Waals surface area contributed by atoms with E-state index in [4.69, 9.17) is 0 Å². The van der Waals surface area contributed by atoms with E-state index in [1.807, 2.05) is 0 Å². The fourth-order valence-electron chi connectivity index (χ4n) is 7.99. The van der Waals surface area contributed by atoms with Crippen LogP contribution in [0.3, 0.4) is 0 Å². The zero-order valence-electron chi connectivity index (χ0n) is 25.4. The van der Waals surface area contributed by atoms with Crippen molar-refractivity contribution < 1.29 is 0 Å². The van der Waals surface area contributed by atoms with Crippen molar-refractivity contribution in [2.24, 2.45) is 0 Å². The number of rotatable bonds is 7. The molecule has 2 nitrogen and oxygen atoms in total. The Labute approximate surface area is 255 Å². The van der Waals surface area contributed by atoms with Gasteiger partial charge in [0.2, 0.25) is 0 Å². The lowest BCUT2D eigenvalue weighted by atomic mass is 9.58. The predicted octanol–water partition coefficient (Wildman–Crippen LogP) is 9.82. The van der Waals surface area contributed by atoms with Crippen LogP contribution in [0.2, 0.25) is 0 Å². The van der Waals surface area contributed by atoms with E-state index in [0.29, 0.717) is 0 Å². The molecule has 3 heteroatoms. The number of hydrogen-bond acceptors (Lipinski definition) is 2. The molecule has 6 aromatic rings. The first kappa shape index (κ1) is 26.2. The molecule has 0 saturated heterocycles. The Hall–Kier alpha value is -4.50. The van der Waals surface area contributed by atoms with Gasteiger partial charge in [-0.25, -0.2) is 0 Å². The number of unbranched alkanes of at least 4 members (excludes halogenated alkanes) is 2. The molecule has 0 amide bonds. The van der Waals surface area contributed by atoms with Crippen LogP contribution >= 0.6 is 0 Å². The molecule has 0 unspecified atom stereocenters. The molecule has 0 bridgehead atoms. The molecule has 1 aliphatic heterocycles. The van der Waals surface area contributed by atoms with Crippen molar-refractivity contribution >= 4 is 45.4 Å². The van der Waals surface area contributed by atoms with Crippen molar-refractivity contribution in [2.75, 3.05) is 10.0 Å². The third-order valence-corrected chi connectivity index (χ3v) is 9.92. The fraction of sp³-hybridized carbons (Fsp3) is 0.200. The summed E-state index contributed by atoms with van der Waals surface area (Å²) in [5.74, 6) is 0. The Morgan fingerprint density at radius 2 is 1.30 bits per heavy atom. The van der Waals surface area contributed by atoms with Crippen LogP contribution in [0.15, 0.2) is 103 Å². The minimum atomic E-state index is 0.0178. The maximum absolute atomic E-state index is 4.11. The maximum atomic E-state index is 4.11. The van der Waals surface area contributed by atoms with E-state index in [0.717, 1.165) is 13.0 Å². The van der Waals surface area contributed by atoms with Crippen molar-refractivity contribution in [1.29, 1.82) is 0 Å². The minimum absolute atomic E-state index is 0.0178. The number of benzene rings is 6. The van der Waals surface area contributed by atoms with Gasteiger partial charge in [-0.2, -0.15) is 0 Å². The monoisotopic (exact) mass is 556 g/mol. The Bertz CT molecular complexity index is 2020. The van der Waals surface area contributed by atoms with Gasteiger partial charge in [-0.3, -0.25) is 0 Å². The molecular formula is C40H37BN2. The number of nitrogens with one attached hydrogen (secondary N) is 1. The molecule has 0 fully saturated rings. The first-order valence-electron chi connectivity index (χ1n) is 15.9. The number of nitrogens with zero attached hydrogens (tertiary/aromatic N) is 1. The van der Waals surface area contributed by atoms with Gasteiger partial charge in [0.15, 0.2) is 0 Å². The van der Waals surface area contributed by atoms with Gasteiger partial charge in [0.05, 0.1) is 0 Å². The molecule has 43 heavy (non-hydrogen) atoms. The topological polar surface area (TPSA) is 15.3 Å². The molecule has 1 aliphatic carbocycles. The Morgan fingerprint density at radius 3 is 2.02 bits per heavy atom. The smallest absolute Gasteiger partial charge is 0.405 e. The lowest BCUT2D eigenvalue weighted by Crippen LogP contribution is -2.58. The molecule has 210 valence electrons. The molecule has 2 aliphatic rings. The van der Waals surface area contributed by atoms with Crippen molar-refractivity contribution in [3.8, 4) is 22.3 Å². The second kappa shape index (κ2) is 10.3. The highest BCUT2D eigenvalue weighted by Crippen LogP contribution is 2.51. The van der Waals surface area contributed by atoms with Gasteiger partial charge in [0.1, 0.15) is 0 Å². The Morgan fingerprint density at radius 1 is 0.651 bits per heavy atom. The third-order valence-electron chi connectivity index (χ3n) is 9.92. The summed E-state index contributed by atoms with van der Waals surface area (Å²) in [6.45, 7) is 7.95. The highest BCUT2D eigenvalue weighted by atomic mass is 15.2. The summed E-state index contributed by atoms with van der Waals surface area (Å²) < 4.78 is 0. The molecule has 0 atom stereocenters. The Kier molecular flexibility index (Phi) is 6.29. The molecule has 0 radical (unpaired) electrons. The average molecular weight is 557 g/mol. The second-order valence-electron chi connectivity index (χ2n) is 12.4. The minimum Gasteiger partial charge on any atom is -0.405 e. The molecule has 1 heterocycles. The molecule has 8 rings (SSSR count). The van der Waals surface area contributed by atoms with Crippen LogP contribution in [-0.2, 0) is 13.0 Å². The van der Waals surface area contributed by atoms with E-state index >= 15 is 0 Å². The van der Waals surface area contributed by atoms with Gasteiger partial charge in [-0.1, -0.05) is 111 Å². The molecule has 6 aromatic carbocycles. The van der Waals surface area contributed by atoms with Crippen LogP contribution in [0.4, 0.5) is 11.4 Å². The van der Waals surface area contributed by atoms with E-state index in [1.54, 1.807) is 0 Å². The molecule has 1 N–H and O–H groups in total. The van der Waals surface area contributed by atoms with Gasteiger partial charge in [-0.05, 0) is 105 Å². The Balaban J connectivity index is 1.40. The van der Waals surface area contributed by atoms with Crippen LogP contribution in [-0.4, -0.2) is 6.98 Å². The lowest BCUT2D eigenvalue weighted by molar-refractivity contribution is 0.717. The van der Waals surface area contributed by atoms with E-state index < -0.39 is 0 Å². The first-order valence-corrected chi connectivity index (χ1v) is 15.9. The van der Waals surface area contributed by atoms with Crippen molar-refractivity contribution in [3.05, 3.63) is 125 Å². The molecule has 0 saturated carbocycles. The van der Waals surface area contributed by atoms with Crippen molar-refractivity contribution in [1.82, 2.24) is 0 Å². The van der Waals surface area contributed by atoms with Gasteiger partial charge >= 0.3 is 6.98 Å². The maximum Gasteiger partial charge on any atom is 0.409 e. The van der Waals surface area contributed by atoms with Gasteiger partial charge in [0.25, 0.3) is 0 Å². The van der Waals surface area contributed by atoms with Crippen molar-refractivity contribution in [2.45, 2.75) is 53.0 Å². The zero-order valence-corrected chi connectivity index (χ0v) is 25.4. The normalized spacial score (nSPS) is 13.1. The second-order valence-corrected chi connectivity index (χ2v) is 12.4. The van der Waals surface area contributed by atoms with E-state index in [-0.39, 0.29) is 6.98 Å². The van der Waals surface area contributed by atoms with Crippen LogP contribution in [0.1, 0.15) is 48.4 Å². The van der Waals surface area contributed by atoms with Crippen molar-refractivity contribution in [3.63, 3.8) is 0 Å². The summed E-state index contributed by atoms with van der Waals surface area (Å²) in [6, 6.07) is 38.1. The highest BCUT2D eigenvalue weighted by Gasteiger charge is 2.39. The summed E-state index contributed by atoms with van der Waals surface area (Å²) in [5, 5.41) is 9.46. The molecule has 0 spiro atoms. The van der Waals surface area contributed by atoms with E-state index in [2.05, 4.69) is 134 Å². The molecular weight excluding hydrogens is 519 g/mol. The van der Waals surface area contributed by atoms with Crippen LogP contribution < -0.4 is 15.5 Å². The number of hydrogen-bond donors (Lipinski definition) is 1. The summed E-state index contributed by atoms with van der Waals surface area (Å²) in [7, 11) is 0. The van der Waals surface area contributed by atoms with Gasteiger partial charge in [-0.15, -0.1) is 0 Å². The summed E-state index contributed by atoms with van der Waals surface area (Å²) in [4.78, 5) is 2.63. The highest BCUT2D eigenvalue weighted by molar-refractivity contribution is 6.81. The standard InChI is InChI=1S/C40H37BN2/c1-4-5-7-20-31-26(2)36-32-21-10-16-29-17-11-22-33(38(29)32)37(36)27(3)40(31)41-42-34-23-12-18-30-19-13-24-35(39(30)34)43(41)25-28-14-8-6-9-15-28/h6,8-19,21-24,42H,4-5,7,20,25H2,1-3H3. The van der Waals surface area contributed by atoms with Crippen LogP contribution in [0.5, 0.6) is 0 Å². The van der Waals surface area contributed by atoms with Gasteiger partial charge < -0.3 is 10.0 Å².